The van der Waals surface area contributed by atoms with E-state index in [0.29, 0.717) is 61.3 Å². The lowest BCUT2D eigenvalue weighted by atomic mass is 9.95. The van der Waals surface area contributed by atoms with E-state index < -0.39 is 17.8 Å². The van der Waals surface area contributed by atoms with Crippen LogP contribution in [0.4, 0.5) is 10.3 Å². The monoisotopic (exact) mass is 706 g/mol. The molecule has 1 unspecified atom stereocenters. The summed E-state index contributed by atoms with van der Waals surface area (Å²) in [5.74, 6) is 0.759. The van der Waals surface area contributed by atoms with E-state index in [2.05, 4.69) is 26.2 Å². The summed E-state index contributed by atoms with van der Waals surface area (Å²) in [6.07, 6.45) is 0. The molecule has 13 heteroatoms. The van der Waals surface area contributed by atoms with Crippen LogP contribution < -0.4 is 14.8 Å². The molecule has 43 heavy (non-hydrogen) atoms. The molecule has 0 radical (unpaired) electrons. The Morgan fingerprint density at radius 2 is 1.91 bits per heavy atom. The van der Waals surface area contributed by atoms with E-state index in [1.165, 1.54) is 31.0 Å². The van der Waals surface area contributed by atoms with Gasteiger partial charge in [0.1, 0.15) is 18.5 Å². The number of fused-ring (bicyclic) bond motifs is 1. The minimum absolute atomic E-state index is 0.122. The first kappa shape index (κ1) is 31.2. The highest BCUT2D eigenvalue weighted by Gasteiger charge is 2.36. The second-order valence-electron chi connectivity index (χ2n) is 9.35. The van der Waals surface area contributed by atoms with E-state index in [-0.39, 0.29) is 17.2 Å². The molecule has 4 aromatic rings. The second-order valence-corrected chi connectivity index (χ2v) is 12.0. The van der Waals surface area contributed by atoms with Crippen LogP contribution >= 0.6 is 50.9 Å². The molecule has 0 aliphatic carbocycles. The summed E-state index contributed by atoms with van der Waals surface area (Å²) in [5, 5.41) is 9.35. The lowest BCUT2D eigenvalue weighted by Gasteiger charge is -2.28. The first-order chi connectivity index (χ1) is 20.7. The molecule has 2 heterocycles. The number of thioether (sulfide) groups is 1. The van der Waals surface area contributed by atoms with Gasteiger partial charge in [0.25, 0.3) is 0 Å². The summed E-state index contributed by atoms with van der Waals surface area (Å²) in [4.78, 5) is 17.8. The van der Waals surface area contributed by atoms with Crippen LogP contribution in [0, 0.1) is 5.82 Å². The van der Waals surface area contributed by atoms with Crippen molar-refractivity contribution in [2.75, 3.05) is 19.0 Å². The van der Waals surface area contributed by atoms with E-state index in [4.69, 9.17) is 42.5 Å². The Morgan fingerprint density at radius 1 is 1.14 bits per heavy atom. The van der Waals surface area contributed by atoms with Gasteiger partial charge in [-0.2, -0.15) is 4.98 Å². The fraction of sp³-hybridized carbons (Fsp3) is 0.233. The van der Waals surface area contributed by atoms with Gasteiger partial charge in [-0.25, -0.2) is 13.9 Å². The number of allylic oxidation sites excluding steroid dienone is 1. The van der Waals surface area contributed by atoms with E-state index in [0.717, 1.165) is 5.56 Å². The van der Waals surface area contributed by atoms with E-state index in [1.807, 2.05) is 31.2 Å². The number of hydrogen-bond donors (Lipinski definition) is 1. The van der Waals surface area contributed by atoms with Crippen LogP contribution in [0.5, 0.6) is 11.5 Å². The molecule has 1 aliphatic rings. The number of ether oxygens (including phenoxy) is 3. The number of nitrogens with zero attached hydrogens (tertiary/aromatic N) is 3. The van der Waals surface area contributed by atoms with E-state index in [1.54, 1.807) is 29.8 Å². The molecule has 0 fully saturated rings. The molecule has 0 spiro atoms. The van der Waals surface area contributed by atoms with Crippen molar-refractivity contribution >= 4 is 62.8 Å². The van der Waals surface area contributed by atoms with Gasteiger partial charge >= 0.3 is 5.97 Å². The minimum atomic E-state index is -0.712. The zero-order chi connectivity index (χ0) is 30.7. The average Bonchev–Trinajstić information content (AvgIpc) is 3.38. The fourth-order valence-corrected chi connectivity index (χ4v) is 6.50. The van der Waals surface area contributed by atoms with Gasteiger partial charge in [0.2, 0.25) is 11.1 Å². The van der Waals surface area contributed by atoms with E-state index >= 15 is 0 Å². The van der Waals surface area contributed by atoms with Gasteiger partial charge in [0.05, 0.1) is 28.8 Å². The predicted octanol–water partition coefficient (Wildman–Crippen LogP) is 8.22. The number of halogens is 4. The molecule has 0 saturated heterocycles. The van der Waals surface area contributed by atoms with Crippen LogP contribution in [0.2, 0.25) is 10.0 Å². The van der Waals surface area contributed by atoms with Crippen LogP contribution in [0.1, 0.15) is 36.6 Å². The normalized spacial score (nSPS) is 14.3. The summed E-state index contributed by atoms with van der Waals surface area (Å²) >= 11 is 17.6. The Bertz CT molecular complexity index is 1700. The lowest BCUT2D eigenvalue weighted by Crippen LogP contribution is -2.29. The zero-order valence-electron chi connectivity index (χ0n) is 23.3. The maximum Gasteiger partial charge on any atom is 0.338 e. The summed E-state index contributed by atoms with van der Waals surface area (Å²) in [7, 11) is 1.33. The van der Waals surface area contributed by atoms with Gasteiger partial charge in [0.15, 0.2) is 11.5 Å². The third kappa shape index (κ3) is 6.64. The SMILES string of the molecule is CCOc1cc(C2C(C(=O)OC)=C(C)Nc3nc(SCc4ccccc4Cl)nn32)cc(Br)c1OCc1c(F)cccc1Cl. The Morgan fingerprint density at radius 3 is 2.63 bits per heavy atom. The van der Waals surface area contributed by atoms with Crippen LogP contribution in [0.25, 0.3) is 0 Å². The average molecular weight is 708 g/mol. The third-order valence-corrected chi connectivity index (χ3v) is 8.82. The molecule has 1 aliphatic heterocycles. The van der Waals surface area contributed by atoms with Crippen molar-refractivity contribution < 1.29 is 23.4 Å². The molecule has 224 valence electrons. The van der Waals surface area contributed by atoms with Crippen LogP contribution in [0.15, 0.2) is 75.5 Å². The molecule has 0 amide bonds. The van der Waals surface area contributed by atoms with Gasteiger partial charge in [-0.15, -0.1) is 5.10 Å². The van der Waals surface area contributed by atoms with Crippen LogP contribution in [-0.4, -0.2) is 34.5 Å². The van der Waals surface area contributed by atoms with Gasteiger partial charge in [-0.3, -0.25) is 0 Å². The topological polar surface area (TPSA) is 87.5 Å². The van der Waals surface area contributed by atoms with Gasteiger partial charge in [0, 0.05) is 22.0 Å². The van der Waals surface area contributed by atoms with Crippen molar-refractivity contribution in [1.29, 1.82) is 0 Å². The first-order valence-electron chi connectivity index (χ1n) is 13.1. The highest BCUT2D eigenvalue weighted by atomic mass is 79.9. The quantitative estimate of drug-likeness (QED) is 0.130. The molecule has 8 nitrogen and oxygen atoms in total. The number of benzene rings is 3. The molecule has 0 saturated carbocycles. The zero-order valence-corrected chi connectivity index (χ0v) is 27.2. The number of nitrogens with one attached hydrogen (secondary N) is 1. The summed E-state index contributed by atoms with van der Waals surface area (Å²) in [6, 6.07) is 14.9. The molecule has 1 atom stereocenters. The Labute approximate surface area is 270 Å². The number of carbonyl (C=O) groups is 1. The molecule has 1 aromatic heterocycles. The largest absolute Gasteiger partial charge is 0.490 e. The van der Waals surface area contributed by atoms with Crippen molar-refractivity contribution in [3.8, 4) is 11.5 Å². The van der Waals surface area contributed by atoms with Gasteiger partial charge in [-0.1, -0.05) is 59.2 Å². The number of esters is 1. The number of anilines is 1. The second kappa shape index (κ2) is 13.6. The highest BCUT2D eigenvalue weighted by molar-refractivity contribution is 9.10. The van der Waals surface area contributed by atoms with Crippen LogP contribution in [-0.2, 0) is 21.9 Å². The highest BCUT2D eigenvalue weighted by Crippen LogP contribution is 2.44. The maximum atomic E-state index is 14.4. The van der Waals surface area contributed by atoms with Crippen LogP contribution in [0.3, 0.4) is 0 Å². The molecular formula is C30H26BrCl2FN4O4S. The van der Waals surface area contributed by atoms with E-state index in [9.17, 15) is 9.18 Å². The predicted molar refractivity (Wildman–Crippen MR) is 169 cm³/mol. The molecule has 3 aromatic carbocycles. The van der Waals surface area contributed by atoms with Crippen molar-refractivity contribution in [3.05, 3.63) is 103 Å². The van der Waals surface area contributed by atoms with Gasteiger partial charge in [-0.05, 0) is 71.2 Å². The first-order valence-corrected chi connectivity index (χ1v) is 15.7. The number of rotatable bonds is 10. The molecular weight excluding hydrogens is 682 g/mol. The summed E-state index contributed by atoms with van der Waals surface area (Å²) in [5.41, 5.74) is 2.75. The Balaban J connectivity index is 1.53. The van der Waals surface area contributed by atoms with Crippen molar-refractivity contribution in [1.82, 2.24) is 14.8 Å². The third-order valence-electron chi connectivity index (χ3n) is 6.62. The number of hydrogen-bond acceptors (Lipinski definition) is 8. The van der Waals surface area contributed by atoms with Crippen molar-refractivity contribution in [3.63, 3.8) is 0 Å². The standard InChI is InChI=1S/C30H26BrCl2FN4O4S/c1-4-41-24-13-18(12-20(31)27(24)42-14-19-22(33)10-7-11-23(19)34)26-25(28(39)40-3)16(2)35-29-36-30(37-38(26)29)43-15-17-8-5-6-9-21(17)32/h5-13,26H,4,14-15H2,1-3H3,(H,35,36,37). The molecule has 0 bridgehead atoms. The maximum absolute atomic E-state index is 14.4. The minimum Gasteiger partial charge on any atom is -0.490 e. The summed E-state index contributed by atoms with van der Waals surface area (Å²) < 4.78 is 33.7. The smallest absolute Gasteiger partial charge is 0.338 e. The van der Waals surface area contributed by atoms with Crippen molar-refractivity contribution in [2.45, 2.75) is 37.4 Å². The molecule has 1 N–H and O–H groups in total. The number of carbonyl (C=O) groups excluding carboxylic acids is 1. The fourth-order valence-electron chi connectivity index (χ4n) is 4.60. The Kier molecular flexibility index (Phi) is 9.85. The number of methoxy groups -OCH3 is 1. The summed E-state index contributed by atoms with van der Waals surface area (Å²) in [6.45, 7) is 3.82. The lowest BCUT2D eigenvalue weighted by molar-refractivity contribution is -0.136. The van der Waals surface area contributed by atoms with Gasteiger partial charge < -0.3 is 19.5 Å². The molecule has 5 rings (SSSR count). The Hall–Kier alpha value is -3.25. The van der Waals surface area contributed by atoms with Crippen molar-refractivity contribution in [2.24, 2.45) is 0 Å². The number of aromatic nitrogens is 3.